The number of aryl methyl sites for hydroxylation is 2. The van der Waals surface area contributed by atoms with E-state index in [1.54, 1.807) is 12.1 Å². The summed E-state index contributed by atoms with van der Waals surface area (Å²) in [5.74, 6) is -0.362. The molecule has 102 valence electrons. The second-order valence-electron chi connectivity index (χ2n) is 4.75. The lowest BCUT2D eigenvalue weighted by Crippen LogP contribution is -2.16. The van der Waals surface area contributed by atoms with Gasteiger partial charge in [0.2, 0.25) is 0 Å². The average Bonchev–Trinajstić information content (AvgIpc) is 2.56. The second-order valence-corrected chi connectivity index (χ2v) is 5.19. The summed E-state index contributed by atoms with van der Waals surface area (Å²) in [6.07, 6.45) is 0.560. The standard InChI is InChI=1S/C14H17ClFN3/c1-8-12(9(2)19(3)18-8)7-14(17)11-5-4-10(15)6-13(11)16/h4-6,14H,7,17H2,1-3H3. The molecule has 1 unspecified atom stereocenters. The monoisotopic (exact) mass is 281 g/mol. The van der Waals surface area contributed by atoms with Crippen molar-refractivity contribution in [3.05, 3.63) is 51.6 Å². The highest BCUT2D eigenvalue weighted by Gasteiger charge is 2.17. The Morgan fingerprint density at radius 3 is 2.63 bits per heavy atom. The molecule has 0 fully saturated rings. The zero-order valence-corrected chi connectivity index (χ0v) is 12.0. The van der Waals surface area contributed by atoms with Crippen molar-refractivity contribution in [2.75, 3.05) is 0 Å². The number of hydrogen-bond acceptors (Lipinski definition) is 2. The third-order valence-electron chi connectivity index (χ3n) is 3.44. The minimum atomic E-state index is -0.404. The van der Waals surface area contributed by atoms with Gasteiger partial charge in [-0.3, -0.25) is 4.68 Å². The van der Waals surface area contributed by atoms with Crippen molar-refractivity contribution >= 4 is 11.6 Å². The third kappa shape index (κ3) is 2.80. The van der Waals surface area contributed by atoms with Gasteiger partial charge in [-0.2, -0.15) is 5.10 Å². The first-order valence-electron chi connectivity index (χ1n) is 6.09. The fourth-order valence-corrected chi connectivity index (χ4v) is 2.40. The van der Waals surface area contributed by atoms with E-state index in [0.29, 0.717) is 17.0 Å². The van der Waals surface area contributed by atoms with Gasteiger partial charge in [0.25, 0.3) is 0 Å². The van der Waals surface area contributed by atoms with Crippen LogP contribution in [0.15, 0.2) is 18.2 Å². The van der Waals surface area contributed by atoms with E-state index in [0.717, 1.165) is 17.0 Å². The van der Waals surface area contributed by atoms with Gasteiger partial charge in [0.05, 0.1) is 5.69 Å². The van der Waals surface area contributed by atoms with Crippen molar-refractivity contribution in [2.45, 2.75) is 26.3 Å². The van der Waals surface area contributed by atoms with Gasteiger partial charge in [0, 0.05) is 29.4 Å². The van der Waals surface area contributed by atoms with E-state index in [2.05, 4.69) is 5.10 Å². The number of rotatable bonds is 3. The summed E-state index contributed by atoms with van der Waals surface area (Å²) in [4.78, 5) is 0. The smallest absolute Gasteiger partial charge is 0.129 e. The van der Waals surface area contributed by atoms with Crippen molar-refractivity contribution in [1.29, 1.82) is 0 Å². The molecule has 1 aromatic heterocycles. The largest absolute Gasteiger partial charge is 0.324 e. The van der Waals surface area contributed by atoms with E-state index in [-0.39, 0.29) is 5.82 Å². The minimum absolute atomic E-state index is 0.362. The van der Waals surface area contributed by atoms with Crippen molar-refractivity contribution in [2.24, 2.45) is 12.8 Å². The Morgan fingerprint density at radius 1 is 1.42 bits per heavy atom. The van der Waals surface area contributed by atoms with Crippen LogP contribution in [0.4, 0.5) is 4.39 Å². The fourth-order valence-electron chi connectivity index (χ4n) is 2.24. The fraction of sp³-hybridized carbons (Fsp3) is 0.357. The van der Waals surface area contributed by atoms with Crippen LogP contribution in [-0.4, -0.2) is 9.78 Å². The van der Waals surface area contributed by atoms with Gasteiger partial charge in [0.15, 0.2) is 0 Å². The molecule has 0 bridgehead atoms. The van der Waals surface area contributed by atoms with Gasteiger partial charge in [-0.25, -0.2) is 4.39 Å². The van der Waals surface area contributed by atoms with Gasteiger partial charge in [-0.15, -0.1) is 0 Å². The van der Waals surface area contributed by atoms with Crippen LogP contribution in [0.5, 0.6) is 0 Å². The van der Waals surface area contributed by atoms with Crippen molar-refractivity contribution in [3.63, 3.8) is 0 Å². The Bertz CT molecular complexity index is 607. The van der Waals surface area contributed by atoms with E-state index in [1.165, 1.54) is 6.07 Å². The number of halogens is 2. The summed E-state index contributed by atoms with van der Waals surface area (Å²) in [6.45, 7) is 3.92. The number of hydrogen-bond donors (Lipinski definition) is 1. The quantitative estimate of drug-likeness (QED) is 0.940. The summed E-state index contributed by atoms with van der Waals surface area (Å²) in [6, 6.07) is 4.19. The Labute approximate surface area is 117 Å². The van der Waals surface area contributed by atoms with E-state index in [1.807, 2.05) is 25.6 Å². The van der Waals surface area contributed by atoms with Crippen LogP contribution in [0.3, 0.4) is 0 Å². The number of nitrogens with zero attached hydrogens (tertiary/aromatic N) is 2. The maximum Gasteiger partial charge on any atom is 0.129 e. The van der Waals surface area contributed by atoms with Gasteiger partial charge < -0.3 is 5.73 Å². The van der Waals surface area contributed by atoms with Crippen molar-refractivity contribution in [1.82, 2.24) is 9.78 Å². The summed E-state index contributed by atoms with van der Waals surface area (Å²) in [7, 11) is 1.89. The molecule has 0 spiro atoms. The Balaban J connectivity index is 2.28. The first-order valence-corrected chi connectivity index (χ1v) is 6.47. The van der Waals surface area contributed by atoms with Crippen molar-refractivity contribution < 1.29 is 4.39 Å². The van der Waals surface area contributed by atoms with E-state index >= 15 is 0 Å². The van der Waals surface area contributed by atoms with Gasteiger partial charge in [0.1, 0.15) is 5.82 Å². The lowest BCUT2D eigenvalue weighted by Gasteiger charge is -2.13. The number of aromatic nitrogens is 2. The molecule has 2 rings (SSSR count). The molecule has 0 radical (unpaired) electrons. The molecule has 0 aliphatic carbocycles. The molecule has 3 nitrogen and oxygen atoms in total. The number of benzene rings is 1. The lowest BCUT2D eigenvalue weighted by atomic mass is 9.98. The predicted molar refractivity (Wildman–Crippen MR) is 74.7 cm³/mol. The molecule has 1 atom stereocenters. The van der Waals surface area contributed by atoms with Crippen LogP contribution in [0.25, 0.3) is 0 Å². The molecule has 0 saturated carbocycles. The van der Waals surface area contributed by atoms with Crippen LogP contribution < -0.4 is 5.73 Å². The molecule has 0 aliphatic rings. The van der Waals surface area contributed by atoms with E-state index in [9.17, 15) is 4.39 Å². The Kier molecular flexibility index (Phi) is 3.92. The topological polar surface area (TPSA) is 43.8 Å². The molecule has 5 heteroatoms. The van der Waals surface area contributed by atoms with Crippen molar-refractivity contribution in [3.8, 4) is 0 Å². The zero-order valence-electron chi connectivity index (χ0n) is 11.2. The molecular formula is C14H17ClFN3. The van der Waals surface area contributed by atoms with Crippen LogP contribution >= 0.6 is 11.6 Å². The molecule has 2 N–H and O–H groups in total. The summed E-state index contributed by atoms with van der Waals surface area (Å²) >= 11 is 5.74. The van der Waals surface area contributed by atoms with Crippen LogP contribution in [-0.2, 0) is 13.5 Å². The highest BCUT2D eigenvalue weighted by Crippen LogP contribution is 2.24. The molecule has 2 aromatic rings. The SMILES string of the molecule is Cc1nn(C)c(C)c1CC(N)c1ccc(Cl)cc1F. The van der Waals surface area contributed by atoms with Gasteiger partial charge in [-0.1, -0.05) is 17.7 Å². The van der Waals surface area contributed by atoms with E-state index < -0.39 is 6.04 Å². The summed E-state index contributed by atoms with van der Waals surface area (Å²) in [5.41, 5.74) is 9.65. The highest BCUT2D eigenvalue weighted by atomic mass is 35.5. The first-order chi connectivity index (χ1) is 8.90. The molecule has 19 heavy (non-hydrogen) atoms. The maximum atomic E-state index is 13.8. The average molecular weight is 282 g/mol. The number of nitrogens with two attached hydrogens (primary N) is 1. The Morgan fingerprint density at radius 2 is 2.11 bits per heavy atom. The maximum absolute atomic E-state index is 13.8. The molecule has 1 aromatic carbocycles. The Hall–Kier alpha value is -1.39. The van der Waals surface area contributed by atoms with Crippen LogP contribution in [0.2, 0.25) is 5.02 Å². The molecule has 0 amide bonds. The van der Waals surface area contributed by atoms with Crippen LogP contribution in [0.1, 0.15) is 28.6 Å². The normalized spacial score (nSPS) is 12.7. The summed E-state index contributed by atoms with van der Waals surface area (Å²) < 4.78 is 15.6. The second kappa shape index (κ2) is 5.31. The lowest BCUT2D eigenvalue weighted by molar-refractivity contribution is 0.579. The van der Waals surface area contributed by atoms with Crippen LogP contribution in [0, 0.1) is 19.7 Å². The first kappa shape index (κ1) is 14.0. The molecule has 0 saturated heterocycles. The van der Waals surface area contributed by atoms with Gasteiger partial charge in [-0.05, 0) is 38.0 Å². The molecule has 1 heterocycles. The minimum Gasteiger partial charge on any atom is -0.324 e. The predicted octanol–water partition coefficient (Wildman–Crippen LogP) is 3.07. The summed E-state index contributed by atoms with van der Waals surface area (Å²) in [5, 5.41) is 4.72. The zero-order chi connectivity index (χ0) is 14.2. The third-order valence-corrected chi connectivity index (χ3v) is 3.68. The van der Waals surface area contributed by atoms with E-state index in [4.69, 9.17) is 17.3 Å². The molecular weight excluding hydrogens is 265 g/mol. The molecule has 0 aliphatic heterocycles. The van der Waals surface area contributed by atoms with Gasteiger partial charge >= 0.3 is 0 Å². The highest BCUT2D eigenvalue weighted by molar-refractivity contribution is 6.30.